The first-order valence-corrected chi connectivity index (χ1v) is 7.53. The van der Waals surface area contributed by atoms with Gasteiger partial charge >= 0.3 is 0 Å². The second kappa shape index (κ2) is 6.57. The molecule has 0 bridgehead atoms. The molecule has 0 amide bonds. The number of anilines is 1. The van der Waals surface area contributed by atoms with Gasteiger partial charge in [-0.25, -0.2) is 9.97 Å². The summed E-state index contributed by atoms with van der Waals surface area (Å²) < 4.78 is 5.89. The minimum atomic E-state index is 0.550. The predicted octanol–water partition coefficient (Wildman–Crippen LogP) is 3.08. The molecule has 1 aliphatic rings. The predicted molar refractivity (Wildman–Crippen MR) is 83.6 cm³/mol. The summed E-state index contributed by atoms with van der Waals surface area (Å²) in [7, 11) is 0. The van der Waals surface area contributed by atoms with Crippen LogP contribution in [0.1, 0.15) is 18.5 Å². The molecule has 3 rings (SSSR count). The first-order valence-electron chi connectivity index (χ1n) is 7.53. The van der Waals surface area contributed by atoms with Crippen molar-refractivity contribution in [1.29, 1.82) is 0 Å². The van der Waals surface area contributed by atoms with Crippen LogP contribution in [0.4, 0.5) is 5.82 Å². The number of aromatic nitrogens is 2. The van der Waals surface area contributed by atoms with Gasteiger partial charge in [0.05, 0.1) is 6.61 Å². The van der Waals surface area contributed by atoms with Gasteiger partial charge in [-0.3, -0.25) is 0 Å². The maximum absolute atomic E-state index is 5.89. The van der Waals surface area contributed by atoms with Crippen molar-refractivity contribution in [3.8, 4) is 5.75 Å². The summed E-state index contributed by atoms with van der Waals surface area (Å²) in [4.78, 5) is 10.9. The molecule has 1 aliphatic heterocycles. The zero-order chi connectivity index (χ0) is 14.5. The number of benzene rings is 1. The average Bonchev–Trinajstić information content (AvgIpc) is 2.54. The number of nitrogens with zero attached hydrogens (tertiary/aromatic N) is 3. The lowest BCUT2D eigenvalue weighted by molar-refractivity contribution is 0.228. The molecule has 0 spiro atoms. The van der Waals surface area contributed by atoms with Crippen LogP contribution in [0.15, 0.2) is 42.7 Å². The maximum Gasteiger partial charge on any atom is 0.132 e. The van der Waals surface area contributed by atoms with Gasteiger partial charge in [-0.15, -0.1) is 0 Å². The fraction of sp³-hybridized carbons (Fsp3) is 0.412. The fourth-order valence-electron chi connectivity index (χ4n) is 2.75. The van der Waals surface area contributed by atoms with Gasteiger partial charge < -0.3 is 9.64 Å². The smallest absolute Gasteiger partial charge is 0.132 e. The molecule has 4 nitrogen and oxygen atoms in total. The van der Waals surface area contributed by atoms with Crippen LogP contribution in [0.2, 0.25) is 0 Å². The lowest BCUT2D eigenvalue weighted by Gasteiger charge is -2.33. The largest absolute Gasteiger partial charge is 0.493 e. The lowest BCUT2D eigenvalue weighted by Crippen LogP contribution is -2.38. The standard InChI is InChI=1S/C17H21N3O/c1-14-10-17(19-13-18-14)20-9-5-6-15(11-20)12-21-16-7-3-2-4-8-16/h2-4,7-8,10,13,15H,5-6,9,11-12H2,1H3. The monoisotopic (exact) mass is 283 g/mol. The molecule has 1 fully saturated rings. The zero-order valence-electron chi connectivity index (χ0n) is 12.4. The maximum atomic E-state index is 5.89. The zero-order valence-corrected chi connectivity index (χ0v) is 12.4. The van der Waals surface area contributed by atoms with Crippen LogP contribution in [0.3, 0.4) is 0 Å². The molecule has 0 N–H and O–H groups in total. The van der Waals surface area contributed by atoms with Crippen LogP contribution < -0.4 is 9.64 Å². The SMILES string of the molecule is Cc1cc(N2CCCC(COc3ccccc3)C2)ncn1. The van der Waals surface area contributed by atoms with Gasteiger partial charge in [-0.1, -0.05) is 18.2 Å². The van der Waals surface area contributed by atoms with E-state index in [1.54, 1.807) is 6.33 Å². The van der Waals surface area contributed by atoms with Crippen LogP contribution >= 0.6 is 0 Å². The molecule has 0 aliphatic carbocycles. The Labute approximate surface area is 125 Å². The van der Waals surface area contributed by atoms with Crippen molar-refractivity contribution in [1.82, 2.24) is 9.97 Å². The van der Waals surface area contributed by atoms with Gasteiger partial charge in [-0.2, -0.15) is 0 Å². The van der Waals surface area contributed by atoms with Crippen molar-refractivity contribution in [2.24, 2.45) is 5.92 Å². The third-order valence-corrected chi connectivity index (χ3v) is 3.86. The molecule has 2 heterocycles. The van der Waals surface area contributed by atoms with Gasteiger partial charge in [-0.05, 0) is 31.9 Å². The third-order valence-electron chi connectivity index (χ3n) is 3.86. The van der Waals surface area contributed by atoms with E-state index in [0.29, 0.717) is 5.92 Å². The van der Waals surface area contributed by atoms with Crippen molar-refractivity contribution in [2.75, 3.05) is 24.6 Å². The van der Waals surface area contributed by atoms with Gasteiger partial charge in [0.1, 0.15) is 17.9 Å². The van der Waals surface area contributed by atoms with Gasteiger partial charge in [0, 0.05) is 30.8 Å². The van der Waals surface area contributed by atoms with Crippen LogP contribution in [0, 0.1) is 12.8 Å². The van der Waals surface area contributed by atoms with E-state index >= 15 is 0 Å². The summed E-state index contributed by atoms with van der Waals surface area (Å²) >= 11 is 0. The Bertz CT molecular complexity index is 573. The van der Waals surface area contributed by atoms with Crippen molar-refractivity contribution in [2.45, 2.75) is 19.8 Å². The summed E-state index contributed by atoms with van der Waals surface area (Å²) in [6, 6.07) is 12.1. The van der Waals surface area contributed by atoms with Crippen molar-refractivity contribution in [3.63, 3.8) is 0 Å². The quantitative estimate of drug-likeness (QED) is 0.864. The molecule has 1 aromatic heterocycles. The van der Waals surface area contributed by atoms with Crippen LogP contribution in [0.5, 0.6) is 5.75 Å². The molecule has 0 radical (unpaired) electrons. The van der Waals surface area contributed by atoms with Crippen LogP contribution in [0.25, 0.3) is 0 Å². The van der Waals surface area contributed by atoms with Gasteiger partial charge in [0.25, 0.3) is 0 Å². The van der Waals surface area contributed by atoms with E-state index in [0.717, 1.165) is 37.0 Å². The molecule has 1 atom stereocenters. The van der Waals surface area contributed by atoms with E-state index in [1.165, 1.54) is 12.8 Å². The number of piperidine rings is 1. The molecule has 4 heteroatoms. The van der Waals surface area contributed by atoms with E-state index < -0.39 is 0 Å². The van der Waals surface area contributed by atoms with Crippen molar-refractivity contribution < 1.29 is 4.74 Å². The van der Waals surface area contributed by atoms with E-state index in [-0.39, 0.29) is 0 Å². The number of ether oxygens (including phenoxy) is 1. The summed E-state index contributed by atoms with van der Waals surface area (Å²) in [5, 5.41) is 0. The number of hydrogen-bond acceptors (Lipinski definition) is 4. The Morgan fingerprint density at radius 1 is 1.24 bits per heavy atom. The molecule has 0 saturated carbocycles. The van der Waals surface area contributed by atoms with Crippen LogP contribution in [-0.2, 0) is 0 Å². The Morgan fingerprint density at radius 2 is 2.10 bits per heavy atom. The summed E-state index contributed by atoms with van der Waals surface area (Å²) in [6.45, 7) is 4.84. The summed E-state index contributed by atoms with van der Waals surface area (Å²) in [6.07, 6.45) is 4.05. The Kier molecular flexibility index (Phi) is 4.34. The second-order valence-electron chi connectivity index (χ2n) is 5.60. The van der Waals surface area contributed by atoms with Crippen molar-refractivity contribution in [3.05, 3.63) is 48.4 Å². The first-order chi connectivity index (χ1) is 10.3. The number of para-hydroxylation sites is 1. The minimum absolute atomic E-state index is 0.550. The molecule has 1 unspecified atom stereocenters. The first kappa shape index (κ1) is 13.9. The normalized spacial score (nSPS) is 18.5. The average molecular weight is 283 g/mol. The molecular weight excluding hydrogens is 262 g/mol. The van der Waals surface area contributed by atoms with Gasteiger partial charge in [0.2, 0.25) is 0 Å². The highest BCUT2D eigenvalue weighted by Gasteiger charge is 2.21. The number of aryl methyl sites for hydroxylation is 1. The second-order valence-corrected chi connectivity index (χ2v) is 5.60. The third kappa shape index (κ3) is 3.72. The molecule has 2 aromatic rings. The van der Waals surface area contributed by atoms with E-state index in [2.05, 4.69) is 20.9 Å². The number of rotatable bonds is 4. The van der Waals surface area contributed by atoms with Crippen molar-refractivity contribution >= 4 is 5.82 Å². The Hall–Kier alpha value is -2.10. The van der Waals surface area contributed by atoms with Crippen LogP contribution in [-0.4, -0.2) is 29.7 Å². The van der Waals surface area contributed by atoms with E-state index in [4.69, 9.17) is 4.74 Å². The molecule has 1 saturated heterocycles. The summed E-state index contributed by atoms with van der Waals surface area (Å²) in [5.74, 6) is 2.54. The highest BCUT2D eigenvalue weighted by molar-refractivity contribution is 5.39. The highest BCUT2D eigenvalue weighted by Crippen LogP contribution is 2.22. The Morgan fingerprint density at radius 3 is 2.90 bits per heavy atom. The lowest BCUT2D eigenvalue weighted by atomic mass is 9.99. The summed E-state index contributed by atoms with van der Waals surface area (Å²) in [5.41, 5.74) is 1.02. The van der Waals surface area contributed by atoms with E-state index in [9.17, 15) is 0 Å². The van der Waals surface area contributed by atoms with Gasteiger partial charge in [0.15, 0.2) is 0 Å². The molecule has 21 heavy (non-hydrogen) atoms. The molecule has 110 valence electrons. The highest BCUT2D eigenvalue weighted by atomic mass is 16.5. The van der Waals surface area contributed by atoms with E-state index in [1.807, 2.05) is 37.3 Å². The fourth-order valence-corrected chi connectivity index (χ4v) is 2.75. The molecular formula is C17H21N3O. The minimum Gasteiger partial charge on any atom is -0.493 e. The number of hydrogen-bond donors (Lipinski definition) is 0. The Balaban J connectivity index is 1.58. The topological polar surface area (TPSA) is 38.2 Å². The molecule has 1 aromatic carbocycles.